The number of rotatable bonds is 12. The fourth-order valence-electron chi connectivity index (χ4n) is 20.1. The summed E-state index contributed by atoms with van der Waals surface area (Å²) in [6.07, 6.45) is 11.0. The van der Waals surface area contributed by atoms with Crippen LogP contribution >= 0.6 is 69.6 Å². The number of alkyl halides is 6. The van der Waals surface area contributed by atoms with Gasteiger partial charge in [0.25, 0.3) is 19.3 Å². The van der Waals surface area contributed by atoms with E-state index in [-0.39, 0.29) is 130 Å². The molecule has 16 saturated heterocycles. The first-order valence-corrected chi connectivity index (χ1v) is 49.8. The lowest BCUT2D eigenvalue weighted by Crippen LogP contribution is -2.45. The number of hydrogen-bond donors (Lipinski definition) is 3. The van der Waals surface area contributed by atoms with Crippen LogP contribution in [0.4, 0.5) is 62.0 Å². The number of nitrogens with zero attached hydrogens (tertiary/aromatic N) is 27. The third-order valence-corrected chi connectivity index (χ3v) is 27.5. The summed E-state index contributed by atoms with van der Waals surface area (Å²) in [6.45, 7) is 17.5. The molecule has 0 radical (unpaired) electrons. The Morgan fingerprint density at radius 2 is 0.461 bits per heavy atom. The van der Waals surface area contributed by atoms with Crippen LogP contribution in [-0.2, 0) is 42.6 Å². The number of nitrogens with one attached hydrogen (secondary N) is 3. The Morgan fingerprint density at radius 3 is 0.723 bits per heavy atom. The molecular formula is C90H108Cl6F6N30O9. The van der Waals surface area contributed by atoms with Crippen molar-refractivity contribution in [2.45, 2.75) is 202 Å². The maximum absolute atomic E-state index is 14.1. The minimum absolute atomic E-state index is 0. The minimum atomic E-state index is -2.78. The highest BCUT2D eigenvalue weighted by Crippen LogP contribution is 2.39. The molecule has 14 unspecified atom stereocenters. The Labute approximate surface area is 837 Å². The van der Waals surface area contributed by atoms with Crippen LogP contribution in [0.15, 0.2) is 72.8 Å². The van der Waals surface area contributed by atoms with Gasteiger partial charge < -0.3 is 88.0 Å². The monoisotopic (exact) mass is 2080 g/mol. The highest BCUT2D eigenvalue weighted by Gasteiger charge is 2.43. The number of morpholine rings is 9. The van der Waals surface area contributed by atoms with E-state index in [1.165, 1.54) is 39.4 Å². The van der Waals surface area contributed by atoms with E-state index in [0.29, 0.717) is 172 Å². The average Bonchev–Trinajstić information content (AvgIpc) is 1.63. The number of anilines is 6. The molecule has 16 aliphatic rings. The minimum Gasteiger partial charge on any atom is -0.379 e. The Kier molecular flexibility index (Phi) is 32.8. The summed E-state index contributed by atoms with van der Waals surface area (Å²) in [4.78, 5) is 88.0. The molecule has 0 aliphatic carbocycles. The van der Waals surface area contributed by atoms with E-state index in [9.17, 15) is 26.3 Å². The first kappa shape index (κ1) is 100. The van der Waals surface area contributed by atoms with Gasteiger partial charge >= 0.3 is 0 Å². The maximum atomic E-state index is 14.1. The average molecular weight is 2080 g/mol. The van der Waals surface area contributed by atoms with E-state index in [1.807, 2.05) is 9.80 Å². The zero-order chi connectivity index (χ0) is 96.0. The molecule has 0 amide bonds. The predicted octanol–water partition coefficient (Wildman–Crippen LogP) is 12.3. The van der Waals surface area contributed by atoms with Gasteiger partial charge in [0, 0.05) is 118 Å². The summed E-state index contributed by atoms with van der Waals surface area (Å²) >= 11 is 33.6. The Bertz CT molecular complexity index is 5840. The zero-order valence-corrected chi connectivity index (χ0v) is 80.5. The lowest BCUT2D eigenvalue weighted by molar-refractivity contribution is 0.0183. The third-order valence-electron chi connectivity index (χ3n) is 26.5. The molecule has 27 rings (SSSR count). The molecule has 3 aromatic carbocycles. The molecule has 39 nitrogen and oxygen atoms in total. The number of ether oxygens (including phenoxy) is 9. The van der Waals surface area contributed by atoms with Crippen molar-refractivity contribution in [2.24, 2.45) is 0 Å². The molecule has 141 heavy (non-hydrogen) atoms. The molecule has 16 aliphatic heterocycles. The smallest absolute Gasteiger partial charge is 0.296 e. The fourth-order valence-corrected chi connectivity index (χ4v) is 21.2. The van der Waals surface area contributed by atoms with E-state index in [1.54, 1.807) is 72.8 Å². The van der Waals surface area contributed by atoms with E-state index in [2.05, 4.69) is 105 Å². The zero-order valence-electron chi connectivity index (χ0n) is 76.0. The number of fused-ring (bicyclic) bond motifs is 17. The van der Waals surface area contributed by atoms with Gasteiger partial charge in [0.05, 0.1) is 145 Å². The number of imidazole rings is 3. The molecule has 16 fully saturated rings. The van der Waals surface area contributed by atoms with Crippen molar-refractivity contribution in [1.29, 1.82) is 0 Å². The van der Waals surface area contributed by atoms with Crippen molar-refractivity contribution in [3.8, 4) is 17.8 Å². The van der Waals surface area contributed by atoms with Gasteiger partial charge in [-0.2, -0.15) is 74.8 Å². The maximum Gasteiger partial charge on any atom is 0.296 e. The highest BCUT2D eigenvalue weighted by molar-refractivity contribution is 6.33. The Morgan fingerprint density at radius 1 is 0.248 bits per heavy atom. The number of halogens is 12. The van der Waals surface area contributed by atoms with E-state index < -0.39 is 25.1 Å². The first-order chi connectivity index (χ1) is 68.1. The second-order valence-electron chi connectivity index (χ2n) is 36.3. The van der Waals surface area contributed by atoms with Crippen molar-refractivity contribution in [2.75, 3.05) is 174 Å². The lowest BCUT2D eigenvalue weighted by atomic mass is 10.2. The van der Waals surface area contributed by atoms with Crippen LogP contribution in [0.2, 0.25) is 31.7 Å². The highest BCUT2D eigenvalue weighted by atomic mass is 35.5. The van der Waals surface area contributed by atoms with Crippen LogP contribution in [0.5, 0.6) is 0 Å². The standard InChI is InChI=1S/C23H25F2N7O2.C21H23F2N7O2.C17H15ClF2N6O.C9H10Cl2N4O.2C6H11NO.C4H9NO.C3Cl3N3.CH4/c24-19(25)20-26-17-3-1-2-4-18(17)32(20)23-28-21(30-9-13-5-6-14(10-30)33-13)27-22(29-23)31-11-15-7-8-16(12-31)34-15;22-17(23)18-24-15-3-1-2-4-16(15)30(18)21-26-19(28-7-9-31-10-8-28)25-20(27-21)29-11-13-5-6-14(12-29)32-13;18-15-22-16(25-7-9-5-6-10(8-25)27-9)24-17(23-15)26-12-4-2-1-3-11(12)21-14(26)13(19)20;10-7-12-8(11)14-9(13-7)15-3-5-1-2-6(4-15)16-5;2*1-2-6-4-7-3-5(1)8-6;1-3-6-4-2-5-1;4-1-7-2(5)9-3(6)8-1;/h1-4,13-16,19H,5-12H2;1-4,13-14,17H,5-12H2;1-4,9-10,13H,5-8H2;5-6H,1-4H2;2*5-7H,1-4H2;5H,1-4H2;;1H4. The lowest BCUT2D eigenvalue weighted by Gasteiger charge is -2.34. The normalized spacial score (nSPS) is 26.4. The van der Waals surface area contributed by atoms with Gasteiger partial charge in [-0.3, -0.25) is 13.7 Å². The number of benzene rings is 3. The number of para-hydroxylation sites is 6. The molecule has 3 N–H and O–H groups in total. The van der Waals surface area contributed by atoms with Crippen LogP contribution in [-0.4, -0.2) is 333 Å². The molecule has 756 valence electrons. The van der Waals surface area contributed by atoms with Gasteiger partial charge in [-0.25, -0.2) is 41.3 Å². The van der Waals surface area contributed by atoms with Crippen molar-refractivity contribution in [3.63, 3.8) is 0 Å². The largest absolute Gasteiger partial charge is 0.379 e. The van der Waals surface area contributed by atoms with Gasteiger partial charge in [-0.15, -0.1) is 0 Å². The molecule has 0 saturated carbocycles. The van der Waals surface area contributed by atoms with Crippen LogP contribution in [0.1, 0.15) is 134 Å². The van der Waals surface area contributed by atoms with E-state index >= 15 is 0 Å². The second kappa shape index (κ2) is 46.0. The van der Waals surface area contributed by atoms with Crippen LogP contribution in [0.25, 0.3) is 50.9 Å². The summed E-state index contributed by atoms with van der Waals surface area (Å²) in [7, 11) is 0. The van der Waals surface area contributed by atoms with Crippen molar-refractivity contribution >= 4 is 138 Å². The van der Waals surface area contributed by atoms with E-state index in [4.69, 9.17) is 132 Å². The molecule has 0 spiro atoms. The van der Waals surface area contributed by atoms with Crippen molar-refractivity contribution in [3.05, 3.63) is 122 Å². The van der Waals surface area contributed by atoms with Crippen molar-refractivity contribution in [1.82, 2.24) is 119 Å². The molecular weight excluding hydrogens is 1970 g/mol. The molecule has 51 heteroatoms. The third kappa shape index (κ3) is 24.6. The number of aromatic nitrogens is 21. The fraction of sp³-hybridized carbons (Fsp3) is 0.600. The summed E-state index contributed by atoms with van der Waals surface area (Å²) in [5, 5.41) is 10.0. The summed E-state index contributed by atoms with van der Waals surface area (Å²) < 4.78 is 138. The van der Waals surface area contributed by atoms with Crippen LogP contribution < -0.4 is 45.3 Å². The number of hydrogen-bond acceptors (Lipinski definition) is 36. The summed E-state index contributed by atoms with van der Waals surface area (Å²) in [5.74, 6) is 2.04. The van der Waals surface area contributed by atoms with Crippen LogP contribution in [0, 0.1) is 0 Å². The molecule has 14 atom stereocenters. The summed E-state index contributed by atoms with van der Waals surface area (Å²) in [6, 6.07) is 21.0. The SMILES string of the molecule is C.C1CC2CNCC1O2.C1CC2CNCC1O2.C1COCCN1.Clc1nc(Cl)nc(Cl)n1.Clc1nc(Cl)nc(N2CC3CCC(C2)O3)n1.FC(F)c1nc2ccccc2n1-c1nc(Cl)nc(N2CC3CCC(C2)O3)n1.FC(F)c1nc2ccccc2n1-c1nc(N2CC3CCC(C2)O3)nc(N2CC3CCC(C2)O3)n1.FC(F)c1nc2ccccc2n1-c1nc(N2CCOCC2)nc(N2CC3CCC(C2)O3)n1. The van der Waals surface area contributed by atoms with Gasteiger partial charge in [0.1, 0.15) is 0 Å². The summed E-state index contributed by atoms with van der Waals surface area (Å²) in [5.41, 5.74) is 2.97. The van der Waals surface area contributed by atoms with Gasteiger partial charge in [0.15, 0.2) is 17.5 Å². The van der Waals surface area contributed by atoms with Gasteiger partial charge in [0.2, 0.25) is 85.2 Å². The molecule has 24 heterocycles. The molecule has 11 aromatic rings. The van der Waals surface area contributed by atoms with Gasteiger partial charge in [-0.05, 0) is 196 Å². The predicted molar refractivity (Wildman–Crippen MR) is 513 cm³/mol. The Hall–Kier alpha value is -9.24. The molecule has 8 aromatic heterocycles. The topological polar surface area (TPSA) is 385 Å². The van der Waals surface area contributed by atoms with Gasteiger partial charge in [-0.1, -0.05) is 43.8 Å². The van der Waals surface area contributed by atoms with E-state index in [0.717, 1.165) is 130 Å². The Balaban J connectivity index is 0.000000109. The molecule has 14 bridgehead atoms. The quantitative estimate of drug-likeness (QED) is 0.0956. The second-order valence-corrected chi connectivity index (χ2v) is 38.3. The van der Waals surface area contributed by atoms with Crippen LogP contribution in [0.3, 0.4) is 0 Å². The van der Waals surface area contributed by atoms with Crippen molar-refractivity contribution < 1.29 is 69.0 Å². The first-order valence-electron chi connectivity index (χ1n) is 47.5.